The van der Waals surface area contributed by atoms with Gasteiger partial charge in [-0.3, -0.25) is 0 Å². The van der Waals surface area contributed by atoms with Gasteiger partial charge in [-0.2, -0.15) is 0 Å². The van der Waals surface area contributed by atoms with E-state index in [1.54, 1.807) is 12.3 Å². The van der Waals surface area contributed by atoms with Crippen LogP contribution in [0.4, 0.5) is 15.9 Å². The molecule has 1 aromatic carbocycles. The Morgan fingerprint density at radius 3 is 2.76 bits per heavy atom. The van der Waals surface area contributed by atoms with E-state index in [4.69, 9.17) is 11.6 Å². The fourth-order valence-corrected chi connectivity index (χ4v) is 2.05. The van der Waals surface area contributed by atoms with Gasteiger partial charge in [0, 0.05) is 10.7 Å². The van der Waals surface area contributed by atoms with Crippen LogP contribution in [0.5, 0.6) is 0 Å². The SMILES string of the molecule is Cc1cc(Br)cnc1Nc1ccc(F)cc1Cl. The van der Waals surface area contributed by atoms with Crippen LogP contribution in [0.2, 0.25) is 5.02 Å². The molecule has 0 spiro atoms. The van der Waals surface area contributed by atoms with E-state index in [9.17, 15) is 4.39 Å². The first-order valence-corrected chi connectivity index (χ1v) is 6.07. The second-order valence-electron chi connectivity index (χ2n) is 3.57. The van der Waals surface area contributed by atoms with E-state index in [0.717, 1.165) is 10.0 Å². The zero-order valence-electron chi connectivity index (χ0n) is 8.97. The number of aryl methyl sites for hydroxylation is 1. The molecule has 0 unspecified atom stereocenters. The Labute approximate surface area is 112 Å². The van der Waals surface area contributed by atoms with Gasteiger partial charge in [0.15, 0.2) is 0 Å². The van der Waals surface area contributed by atoms with Crippen molar-refractivity contribution in [2.75, 3.05) is 5.32 Å². The highest BCUT2D eigenvalue weighted by Gasteiger charge is 2.05. The van der Waals surface area contributed by atoms with E-state index in [1.807, 2.05) is 13.0 Å². The lowest BCUT2D eigenvalue weighted by molar-refractivity contribution is 0.628. The maximum absolute atomic E-state index is 12.9. The number of hydrogen-bond donors (Lipinski definition) is 1. The maximum Gasteiger partial charge on any atom is 0.133 e. The number of benzene rings is 1. The van der Waals surface area contributed by atoms with Crippen LogP contribution in [0.3, 0.4) is 0 Å². The fourth-order valence-electron chi connectivity index (χ4n) is 1.39. The standard InChI is InChI=1S/C12H9BrClFN2/c1-7-4-8(13)6-16-12(7)17-11-3-2-9(15)5-10(11)14/h2-6H,1H3,(H,16,17). The molecule has 1 heterocycles. The molecule has 1 aromatic heterocycles. The molecule has 0 aliphatic rings. The predicted molar refractivity (Wildman–Crippen MR) is 71.4 cm³/mol. The van der Waals surface area contributed by atoms with Crippen LogP contribution in [0.1, 0.15) is 5.56 Å². The summed E-state index contributed by atoms with van der Waals surface area (Å²) in [6.45, 7) is 1.93. The average Bonchev–Trinajstić information content (AvgIpc) is 2.25. The third kappa shape index (κ3) is 2.96. The lowest BCUT2D eigenvalue weighted by Crippen LogP contribution is -1.97. The monoisotopic (exact) mass is 314 g/mol. The molecule has 0 aliphatic heterocycles. The van der Waals surface area contributed by atoms with Gasteiger partial charge < -0.3 is 5.32 Å². The molecule has 2 nitrogen and oxygen atoms in total. The zero-order valence-corrected chi connectivity index (χ0v) is 11.3. The van der Waals surface area contributed by atoms with Crippen molar-refractivity contribution < 1.29 is 4.39 Å². The first-order chi connectivity index (χ1) is 8.06. The Hall–Kier alpha value is -1.13. The number of hydrogen-bond acceptors (Lipinski definition) is 2. The van der Waals surface area contributed by atoms with Gasteiger partial charge in [0.2, 0.25) is 0 Å². The van der Waals surface area contributed by atoms with Crippen LogP contribution in [0, 0.1) is 12.7 Å². The molecule has 0 amide bonds. The quantitative estimate of drug-likeness (QED) is 0.869. The van der Waals surface area contributed by atoms with Crippen LogP contribution >= 0.6 is 27.5 Å². The van der Waals surface area contributed by atoms with Crippen LogP contribution in [0.25, 0.3) is 0 Å². The van der Waals surface area contributed by atoms with Crippen molar-refractivity contribution in [3.05, 3.63) is 51.3 Å². The summed E-state index contributed by atoms with van der Waals surface area (Å²) in [4.78, 5) is 4.23. The first kappa shape index (κ1) is 12.3. The predicted octanol–water partition coefficient (Wildman–Crippen LogP) is 4.69. The van der Waals surface area contributed by atoms with Crippen molar-refractivity contribution in [1.82, 2.24) is 4.98 Å². The van der Waals surface area contributed by atoms with Gasteiger partial charge in [-0.25, -0.2) is 9.37 Å². The van der Waals surface area contributed by atoms with Crippen molar-refractivity contribution in [2.45, 2.75) is 6.92 Å². The van der Waals surface area contributed by atoms with Gasteiger partial charge >= 0.3 is 0 Å². The number of nitrogens with zero attached hydrogens (tertiary/aromatic N) is 1. The number of anilines is 2. The van der Waals surface area contributed by atoms with E-state index in [-0.39, 0.29) is 5.82 Å². The maximum atomic E-state index is 12.9. The molecular formula is C12H9BrClFN2. The van der Waals surface area contributed by atoms with Gasteiger partial charge in [0.25, 0.3) is 0 Å². The second kappa shape index (κ2) is 5.02. The number of nitrogens with one attached hydrogen (secondary N) is 1. The Balaban J connectivity index is 2.31. The van der Waals surface area contributed by atoms with Gasteiger partial charge in [-0.1, -0.05) is 11.6 Å². The van der Waals surface area contributed by atoms with Crippen LogP contribution in [-0.4, -0.2) is 4.98 Å². The van der Waals surface area contributed by atoms with E-state index in [0.29, 0.717) is 16.5 Å². The Morgan fingerprint density at radius 2 is 2.12 bits per heavy atom. The molecule has 2 rings (SSSR count). The Kier molecular flexibility index (Phi) is 3.64. The van der Waals surface area contributed by atoms with Gasteiger partial charge in [-0.05, 0) is 52.7 Å². The number of rotatable bonds is 2. The average molecular weight is 316 g/mol. The van der Waals surface area contributed by atoms with E-state index < -0.39 is 0 Å². The topological polar surface area (TPSA) is 24.9 Å². The Morgan fingerprint density at radius 1 is 1.35 bits per heavy atom. The smallest absolute Gasteiger partial charge is 0.133 e. The molecule has 0 atom stereocenters. The molecule has 17 heavy (non-hydrogen) atoms. The summed E-state index contributed by atoms with van der Waals surface area (Å²) in [5.41, 5.74) is 1.60. The molecule has 0 saturated heterocycles. The summed E-state index contributed by atoms with van der Waals surface area (Å²) < 4.78 is 13.8. The molecule has 0 aliphatic carbocycles. The zero-order chi connectivity index (χ0) is 12.4. The molecule has 88 valence electrons. The molecule has 2 aromatic rings. The minimum atomic E-state index is -0.360. The summed E-state index contributed by atoms with van der Waals surface area (Å²) in [5.74, 6) is 0.336. The summed E-state index contributed by atoms with van der Waals surface area (Å²) in [6.07, 6.45) is 1.69. The summed E-state index contributed by atoms with van der Waals surface area (Å²) in [5, 5.41) is 3.39. The van der Waals surface area contributed by atoms with Crippen molar-refractivity contribution in [2.24, 2.45) is 0 Å². The molecule has 0 bridgehead atoms. The highest BCUT2D eigenvalue weighted by atomic mass is 79.9. The van der Waals surface area contributed by atoms with Crippen LogP contribution in [-0.2, 0) is 0 Å². The summed E-state index contributed by atoms with van der Waals surface area (Å²) in [7, 11) is 0. The third-order valence-corrected chi connectivity index (χ3v) is 2.98. The second-order valence-corrected chi connectivity index (χ2v) is 4.89. The van der Waals surface area contributed by atoms with Crippen molar-refractivity contribution in [1.29, 1.82) is 0 Å². The molecule has 1 N–H and O–H groups in total. The molecule has 0 radical (unpaired) electrons. The van der Waals surface area contributed by atoms with E-state index in [1.165, 1.54) is 12.1 Å². The molecule has 0 saturated carbocycles. The summed E-state index contributed by atoms with van der Waals surface area (Å²) in [6, 6.07) is 6.13. The largest absolute Gasteiger partial charge is 0.339 e. The molecule has 5 heteroatoms. The van der Waals surface area contributed by atoms with E-state index >= 15 is 0 Å². The minimum Gasteiger partial charge on any atom is -0.339 e. The first-order valence-electron chi connectivity index (χ1n) is 4.90. The van der Waals surface area contributed by atoms with Gasteiger partial charge in [0.1, 0.15) is 11.6 Å². The highest BCUT2D eigenvalue weighted by molar-refractivity contribution is 9.10. The highest BCUT2D eigenvalue weighted by Crippen LogP contribution is 2.27. The van der Waals surface area contributed by atoms with Crippen molar-refractivity contribution in [3.63, 3.8) is 0 Å². The number of pyridine rings is 1. The van der Waals surface area contributed by atoms with Gasteiger partial charge in [0.05, 0.1) is 10.7 Å². The molecular weight excluding hydrogens is 307 g/mol. The minimum absolute atomic E-state index is 0.328. The summed E-state index contributed by atoms with van der Waals surface area (Å²) >= 11 is 9.26. The van der Waals surface area contributed by atoms with Crippen LogP contribution < -0.4 is 5.32 Å². The number of aromatic nitrogens is 1. The normalized spacial score (nSPS) is 10.4. The van der Waals surface area contributed by atoms with Crippen molar-refractivity contribution >= 4 is 39.0 Å². The van der Waals surface area contributed by atoms with Crippen LogP contribution in [0.15, 0.2) is 34.9 Å². The lowest BCUT2D eigenvalue weighted by Gasteiger charge is -2.10. The number of halogens is 3. The van der Waals surface area contributed by atoms with E-state index in [2.05, 4.69) is 26.2 Å². The Bertz CT molecular complexity index is 511. The fraction of sp³-hybridized carbons (Fsp3) is 0.0833. The molecule has 0 fully saturated rings. The third-order valence-electron chi connectivity index (χ3n) is 2.23. The van der Waals surface area contributed by atoms with Gasteiger partial charge in [-0.15, -0.1) is 0 Å². The lowest BCUT2D eigenvalue weighted by atomic mass is 10.2. The van der Waals surface area contributed by atoms with Crippen molar-refractivity contribution in [3.8, 4) is 0 Å².